The molecule has 0 saturated carbocycles. The van der Waals surface area contributed by atoms with Crippen molar-refractivity contribution >= 4 is 35.8 Å². The van der Waals surface area contributed by atoms with Gasteiger partial charge in [-0.05, 0) is 61.7 Å². The molecule has 2 aromatic carbocycles. The van der Waals surface area contributed by atoms with Gasteiger partial charge in [-0.2, -0.15) is 0 Å². The number of carbonyl (C=O) groups is 2. The zero-order valence-electron chi connectivity index (χ0n) is 16.2. The number of benzene rings is 2. The minimum atomic E-state index is -0.632. The topological polar surface area (TPSA) is 70.2 Å². The molecule has 156 valence electrons. The second kappa shape index (κ2) is 11.8. The summed E-state index contributed by atoms with van der Waals surface area (Å²) in [6.07, 6.45) is 2.54. The molecular formula is C22H27Cl2N3O2. The number of halogens is 2. The van der Waals surface area contributed by atoms with Crippen molar-refractivity contribution in [2.75, 3.05) is 19.6 Å². The quantitative estimate of drug-likeness (QED) is 0.595. The van der Waals surface area contributed by atoms with Crippen LogP contribution in [0, 0.1) is 5.92 Å². The van der Waals surface area contributed by atoms with Crippen LogP contribution >= 0.6 is 24.0 Å². The SMILES string of the molecule is Cl.O=C(NC(Cc1ccccc1)C(=O)NCCC1CCNC1)c1ccc(Cl)cc1. The molecule has 29 heavy (non-hydrogen) atoms. The highest BCUT2D eigenvalue weighted by Gasteiger charge is 2.22. The van der Waals surface area contributed by atoms with E-state index in [4.69, 9.17) is 11.6 Å². The molecule has 0 aromatic heterocycles. The molecule has 3 rings (SSSR count). The predicted molar refractivity (Wildman–Crippen MR) is 119 cm³/mol. The molecule has 1 aliphatic rings. The molecule has 1 heterocycles. The van der Waals surface area contributed by atoms with Gasteiger partial charge in [0.25, 0.3) is 5.91 Å². The van der Waals surface area contributed by atoms with Crippen LogP contribution in [0.3, 0.4) is 0 Å². The van der Waals surface area contributed by atoms with Gasteiger partial charge in [0.2, 0.25) is 5.91 Å². The highest BCUT2D eigenvalue weighted by Crippen LogP contribution is 2.12. The molecule has 2 aromatic rings. The van der Waals surface area contributed by atoms with E-state index in [1.54, 1.807) is 24.3 Å². The van der Waals surface area contributed by atoms with Crippen molar-refractivity contribution < 1.29 is 9.59 Å². The fraction of sp³-hybridized carbons (Fsp3) is 0.364. The molecule has 2 amide bonds. The Balaban J connectivity index is 0.00000300. The molecule has 3 N–H and O–H groups in total. The molecule has 2 atom stereocenters. The highest BCUT2D eigenvalue weighted by molar-refractivity contribution is 6.30. The van der Waals surface area contributed by atoms with Crippen molar-refractivity contribution in [2.24, 2.45) is 5.92 Å². The average molecular weight is 436 g/mol. The highest BCUT2D eigenvalue weighted by atomic mass is 35.5. The van der Waals surface area contributed by atoms with Gasteiger partial charge in [0.05, 0.1) is 0 Å². The van der Waals surface area contributed by atoms with Gasteiger partial charge >= 0.3 is 0 Å². The smallest absolute Gasteiger partial charge is 0.251 e. The van der Waals surface area contributed by atoms with Crippen LogP contribution in [0.25, 0.3) is 0 Å². The van der Waals surface area contributed by atoms with Crippen molar-refractivity contribution in [1.29, 1.82) is 0 Å². The Hall–Kier alpha value is -2.08. The van der Waals surface area contributed by atoms with Gasteiger partial charge in [0, 0.05) is 23.6 Å². The molecule has 1 fully saturated rings. The number of hydrogen-bond donors (Lipinski definition) is 3. The fourth-order valence-electron chi connectivity index (χ4n) is 3.39. The first-order valence-corrected chi connectivity index (χ1v) is 10.1. The third-order valence-electron chi connectivity index (χ3n) is 5.03. The van der Waals surface area contributed by atoms with E-state index in [9.17, 15) is 9.59 Å². The van der Waals surface area contributed by atoms with E-state index in [1.165, 1.54) is 0 Å². The first-order valence-electron chi connectivity index (χ1n) is 9.70. The Morgan fingerprint density at radius 2 is 1.83 bits per heavy atom. The van der Waals surface area contributed by atoms with Gasteiger partial charge in [-0.3, -0.25) is 9.59 Å². The lowest BCUT2D eigenvalue weighted by Gasteiger charge is -2.19. The number of nitrogens with one attached hydrogen (secondary N) is 3. The monoisotopic (exact) mass is 435 g/mol. The van der Waals surface area contributed by atoms with Crippen molar-refractivity contribution in [1.82, 2.24) is 16.0 Å². The number of amides is 2. The standard InChI is InChI=1S/C22H26ClN3O2.ClH/c23-19-8-6-18(7-9-19)21(27)26-20(14-16-4-2-1-3-5-16)22(28)25-13-11-17-10-12-24-15-17;/h1-9,17,20,24H,10-15H2,(H,25,28)(H,26,27);1H. The van der Waals surface area contributed by atoms with Crippen molar-refractivity contribution in [3.63, 3.8) is 0 Å². The van der Waals surface area contributed by atoms with Crippen molar-refractivity contribution in [2.45, 2.75) is 25.3 Å². The van der Waals surface area contributed by atoms with E-state index >= 15 is 0 Å². The summed E-state index contributed by atoms with van der Waals surface area (Å²) in [6.45, 7) is 2.68. The fourth-order valence-corrected chi connectivity index (χ4v) is 3.51. The van der Waals surface area contributed by atoms with Crippen LogP contribution in [0.15, 0.2) is 54.6 Å². The van der Waals surface area contributed by atoms with E-state index in [-0.39, 0.29) is 24.2 Å². The van der Waals surface area contributed by atoms with E-state index < -0.39 is 6.04 Å². The van der Waals surface area contributed by atoms with E-state index in [0.717, 1.165) is 31.5 Å². The molecule has 0 aliphatic carbocycles. The molecule has 7 heteroatoms. The van der Waals surface area contributed by atoms with Crippen LogP contribution in [0.1, 0.15) is 28.8 Å². The largest absolute Gasteiger partial charge is 0.354 e. The zero-order valence-corrected chi connectivity index (χ0v) is 17.8. The maximum Gasteiger partial charge on any atom is 0.251 e. The average Bonchev–Trinajstić information content (AvgIpc) is 3.22. The Labute approximate surface area is 183 Å². The molecular weight excluding hydrogens is 409 g/mol. The minimum absolute atomic E-state index is 0. The maximum atomic E-state index is 12.8. The van der Waals surface area contributed by atoms with Crippen LogP contribution in [0.2, 0.25) is 5.02 Å². The Morgan fingerprint density at radius 3 is 2.48 bits per heavy atom. The van der Waals surface area contributed by atoms with Gasteiger partial charge in [0.15, 0.2) is 0 Å². The lowest BCUT2D eigenvalue weighted by atomic mass is 10.0. The minimum Gasteiger partial charge on any atom is -0.354 e. The summed E-state index contributed by atoms with van der Waals surface area (Å²) in [5.41, 5.74) is 1.48. The van der Waals surface area contributed by atoms with Crippen LogP contribution in [0.4, 0.5) is 0 Å². The van der Waals surface area contributed by atoms with Crippen LogP contribution in [-0.4, -0.2) is 37.5 Å². The summed E-state index contributed by atoms with van der Waals surface area (Å²) in [7, 11) is 0. The lowest BCUT2D eigenvalue weighted by Crippen LogP contribution is -2.48. The summed E-state index contributed by atoms with van der Waals surface area (Å²) in [5.74, 6) is 0.168. The number of rotatable bonds is 8. The van der Waals surface area contributed by atoms with Gasteiger partial charge in [-0.15, -0.1) is 12.4 Å². The number of hydrogen-bond acceptors (Lipinski definition) is 3. The summed E-state index contributed by atoms with van der Waals surface area (Å²) < 4.78 is 0. The van der Waals surface area contributed by atoms with Crippen molar-refractivity contribution in [3.05, 3.63) is 70.7 Å². The summed E-state index contributed by atoms with van der Waals surface area (Å²) in [4.78, 5) is 25.4. The molecule has 1 saturated heterocycles. The third kappa shape index (κ3) is 7.35. The summed E-state index contributed by atoms with van der Waals surface area (Å²) >= 11 is 5.89. The van der Waals surface area contributed by atoms with Crippen LogP contribution < -0.4 is 16.0 Å². The summed E-state index contributed by atoms with van der Waals surface area (Å²) in [6, 6.07) is 15.7. The Morgan fingerprint density at radius 1 is 1.10 bits per heavy atom. The molecule has 5 nitrogen and oxygen atoms in total. The van der Waals surface area contributed by atoms with E-state index in [1.807, 2.05) is 30.3 Å². The molecule has 0 radical (unpaired) electrons. The van der Waals surface area contributed by atoms with Crippen LogP contribution in [0.5, 0.6) is 0 Å². The normalized spacial score (nSPS) is 16.5. The third-order valence-corrected chi connectivity index (χ3v) is 5.28. The maximum absolute atomic E-state index is 12.8. The lowest BCUT2D eigenvalue weighted by molar-refractivity contribution is -0.123. The zero-order chi connectivity index (χ0) is 19.8. The van der Waals surface area contributed by atoms with Gasteiger partial charge in [-0.1, -0.05) is 41.9 Å². The second-order valence-corrected chi connectivity index (χ2v) is 7.60. The first-order chi connectivity index (χ1) is 13.6. The van der Waals surface area contributed by atoms with Gasteiger partial charge in [0.1, 0.15) is 6.04 Å². The van der Waals surface area contributed by atoms with E-state index in [2.05, 4.69) is 16.0 Å². The second-order valence-electron chi connectivity index (χ2n) is 7.16. The number of carbonyl (C=O) groups excluding carboxylic acids is 2. The Kier molecular flexibility index (Phi) is 9.45. The van der Waals surface area contributed by atoms with Gasteiger partial charge < -0.3 is 16.0 Å². The first kappa shape index (κ1) is 23.2. The molecule has 2 unspecified atom stereocenters. The predicted octanol–water partition coefficient (Wildman–Crippen LogP) is 3.22. The van der Waals surface area contributed by atoms with E-state index in [0.29, 0.717) is 29.5 Å². The molecule has 1 aliphatic heterocycles. The molecule has 0 spiro atoms. The Bertz CT molecular complexity index is 778. The summed E-state index contributed by atoms with van der Waals surface area (Å²) in [5, 5.41) is 9.77. The molecule has 0 bridgehead atoms. The van der Waals surface area contributed by atoms with Crippen LogP contribution in [-0.2, 0) is 11.2 Å². The van der Waals surface area contributed by atoms with Crippen molar-refractivity contribution in [3.8, 4) is 0 Å². The van der Waals surface area contributed by atoms with Gasteiger partial charge in [-0.25, -0.2) is 0 Å².